The zero-order valence-electron chi connectivity index (χ0n) is 13.6. The number of benzene rings is 2. The second-order valence-electron chi connectivity index (χ2n) is 5.90. The lowest BCUT2D eigenvalue weighted by atomic mass is 9.95. The van der Waals surface area contributed by atoms with Gasteiger partial charge in [0.2, 0.25) is 0 Å². The summed E-state index contributed by atoms with van der Waals surface area (Å²) in [6.07, 6.45) is 0. The minimum absolute atomic E-state index is 0.170. The highest BCUT2D eigenvalue weighted by atomic mass is 35.5. The maximum absolute atomic E-state index is 12.5. The number of hydrogen-bond acceptors (Lipinski definition) is 2. The van der Waals surface area contributed by atoms with Gasteiger partial charge in [0.05, 0.1) is 6.54 Å². The number of ether oxygens (including phenoxy) is 1. The van der Waals surface area contributed by atoms with E-state index in [0.717, 1.165) is 16.5 Å². The van der Waals surface area contributed by atoms with E-state index in [0.29, 0.717) is 17.3 Å². The van der Waals surface area contributed by atoms with E-state index in [1.54, 1.807) is 7.11 Å². The smallest absolute Gasteiger partial charge is 0.267 e. The molecule has 2 aromatic carbocycles. The third kappa shape index (κ3) is 3.30. The summed E-state index contributed by atoms with van der Waals surface area (Å²) in [5.74, 6) is -0.170. The number of carbonyl (C=O) groups excluding carboxylic acids is 1. The van der Waals surface area contributed by atoms with Crippen molar-refractivity contribution in [2.75, 3.05) is 13.7 Å². The van der Waals surface area contributed by atoms with Crippen molar-refractivity contribution in [3.8, 4) is 0 Å². The number of aromatic nitrogens is 1. The molecule has 0 saturated heterocycles. The molecule has 1 unspecified atom stereocenters. The summed E-state index contributed by atoms with van der Waals surface area (Å²) in [5.41, 5.74) is 1.72. The van der Waals surface area contributed by atoms with E-state index >= 15 is 0 Å². The Morgan fingerprint density at radius 1 is 1.21 bits per heavy atom. The van der Waals surface area contributed by atoms with Gasteiger partial charge in [0, 0.05) is 23.0 Å². The Hall–Kier alpha value is -2.30. The molecule has 4 nitrogen and oxygen atoms in total. The molecule has 1 amide bonds. The van der Waals surface area contributed by atoms with Crippen molar-refractivity contribution in [1.29, 1.82) is 0 Å². The molecule has 3 aromatic rings. The van der Waals surface area contributed by atoms with Gasteiger partial charge in [-0.05, 0) is 36.8 Å². The van der Waals surface area contributed by atoms with E-state index in [1.165, 1.54) is 0 Å². The van der Waals surface area contributed by atoms with Crippen LogP contribution in [0.15, 0.2) is 54.6 Å². The SMILES string of the molecule is COC(C)(CNC(=O)c1cc2ccccc2[nH]1)c1cccc(Cl)c1. The van der Waals surface area contributed by atoms with E-state index in [1.807, 2.05) is 61.5 Å². The molecule has 5 heteroatoms. The predicted octanol–water partition coefficient (Wildman–Crippen LogP) is 4.11. The van der Waals surface area contributed by atoms with Crippen molar-refractivity contribution in [2.24, 2.45) is 0 Å². The fourth-order valence-corrected chi connectivity index (χ4v) is 2.84. The summed E-state index contributed by atoms with van der Waals surface area (Å²) in [6, 6.07) is 17.1. The first-order valence-corrected chi connectivity index (χ1v) is 8.07. The molecular weight excluding hydrogens is 324 g/mol. The molecule has 1 aromatic heterocycles. The summed E-state index contributed by atoms with van der Waals surface area (Å²) >= 11 is 6.06. The van der Waals surface area contributed by atoms with E-state index in [4.69, 9.17) is 16.3 Å². The average molecular weight is 343 g/mol. The zero-order valence-corrected chi connectivity index (χ0v) is 14.4. The van der Waals surface area contributed by atoms with Crippen LogP contribution < -0.4 is 5.32 Å². The molecule has 3 rings (SSSR count). The van der Waals surface area contributed by atoms with Crippen LogP contribution in [-0.4, -0.2) is 24.5 Å². The van der Waals surface area contributed by atoms with E-state index in [2.05, 4.69) is 10.3 Å². The van der Waals surface area contributed by atoms with Gasteiger partial charge in [0.25, 0.3) is 5.91 Å². The van der Waals surface area contributed by atoms with Crippen molar-refractivity contribution in [3.05, 3.63) is 70.9 Å². The number of halogens is 1. The summed E-state index contributed by atoms with van der Waals surface area (Å²) in [6.45, 7) is 2.25. The lowest BCUT2D eigenvalue weighted by molar-refractivity contribution is 0.00312. The van der Waals surface area contributed by atoms with Gasteiger partial charge in [-0.15, -0.1) is 0 Å². The molecule has 1 atom stereocenters. The zero-order chi connectivity index (χ0) is 17.2. The fraction of sp³-hybridized carbons (Fsp3) is 0.211. The van der Waals surface area contributed by atoms with Crippen LogP contribution >= 0.6 is 11.6 Å². The first-order chi connectivity index (χ1) is 11.5. The third-order valence-electron chi connectivity index (χ3n) is 4.25. The highest BCUT2D eigenvalue weighted by Crippen LogP contribution is 2.26. The fourth-order valence-electron chi connectivity index (χ4n) is 2.65. The number of fused-ring (bicyclic) bond motifs is 1. The van der Waals surface area contributed by atoms with Gasteiger partial charge in [-0.25, -0.2) is 0 Å². The summed E-state index contributed by atoms with van der Waals surface area (Å²) in [5, 5.41) is 4.57. The van der Waals surface area contributed by atoms with Gasteiger partial charge in [-0.2, -0.15) is 0 Å². The molecule has 0 radical (unpaired) electrons. The van der Waals surface area contributed by atoms with Crippen molar-refractivity contribution in [3.63, 3.8) is 0 Å². The Labute approximate surface area is 145 Å². The standard InChI is InChI=1S/C19H19ClN2O2/c1-19(24-2,14-7-5-8-15(20)11-14)12-21-18(23)17-10-13-6-3-4-9-16(13)22-17/h3-11,22H,12H2,1-2H3,(H,21,23). The molecule has 24 heavy (non-hydrogen) atoms. The molecular formula is C19H19ClN2O2. The van der Waals surface area contributed by atoms with Crippen LogP contribution in [0.4, 0.5) is 0 Å². The van der Waals surface area contributed by atoms with Crippen LogP contribution in [0.2, 0.25) is 5.02 Å². The molecule has 0 bridgehead atoms. The number of para-hydroxylation sites is 1. The molecule has 0 spiro atoms. The van der Waals surface area contributed by atoms with Crippen LogP contribution in [0, 0.1) is 0 Å². The number of hydrogen-bond donors (Lipinski definition) is 2. The van der Waals surface area contributed by atoms with Crippen molar-refractivity contribution < 1.29 is 9.53 Å². The number of aromatic amines is 1. The quantitative estimate of drug-likeness (QED) is 0.733. The molecule has 2 N–H and O–H groups in total. The first kappa shape index (κ1) is 16.6. The molecule has 0 aliphatic carbocycles. The van der Waals surface area contributed by atoms with Gasteiger partial charge < -0.3 is 15.0 Å². The minimum Gasteiger partial charge on any atom is -0.372 e. The van der Waals surface area contributed by atoms with Gasteiger partial charge in [0.1, 0.15) is 11.3 Å². The van der Waals surface area contributed by atoms with Gasteiger partial charge in [-0.3, -0.25) is 4.79 Å². The highest BCUT2D eigenvalue weighted by molar-refractivity contribution is 6.30. The van der Waals surface area contributed by atoms with Crippen LogP contribution in [0.25, 0.3) is 10.9 Å². The summed E-state index contributed by atoms with van der Waals surface area (Å²) < 4.78 is 5.64. The number of carbonyl (C=O) groups is 1. The molecule has 0 fully saturated rings. The number of methoxy groups -OCH3 is 1. The van der Waals surface area contributed by atoms with Crippen LogP contribution in [0.1, 0.15) is 23.0 Å². The van der Waals surface area contributed by atoms with Gasteiger partial charge in [0.15, 0.2) is 0 Å². The Morgan fingerprint density at radius 2 is 2.00 bits per heavy atom. The largest absolute Gasteiger partial charge is 0.372 e. The summed E-state index contributed by atoms with van der Waals surface area (Å²) in [7, 11) is 1.62. The monoisotopic (exact) mass is 342 g/mol. The topological polar surface area (TPSA) is 54.1 Å². The Morgan fingerprint density at radius 3 is 2.71 bits per heavy atom. The molecule has 0 aliphatic heterocycles. The number of nitrogens with one attached hydrogen (secondary N) is 2. The van der Waals surface area contributed by atoms with Crippen LogP contribution in [0.5, 0.6) is 0 Å². The second-order valence-corrected chi connectivity index (χ2v) is 6.33. The maximum Gasteiger partial charge on any atom is 0.267 e. The van der Waals surface area contributed by atoms with Crippen molar-refractivity contribution in [1.82, 2.24) is 10.3 Å². The first-order valence-electron chi connectivity index (χ1n) is 7.69. The number of rotatable bonds is 5. The average Bonchev–Trinajstić information content (AvgIpc) is 3.03. The third-order valence-corrected chi connectivity index (χ3v) is 4.48. The van der Waals surface area contributed by atoms with E-state index in [-0.39, 0.29) is 5.91 Å². The Kier molecular flexibility index (Phi) is 4.60. The van der Waals surface area contributed by atoms with Gasteiger partial charge in [-0.1, -0.05) is 41.9 Å². The molecule has 0 aliphatic rings. The lowest BCUT2D eigenvalue weighted by Gasteiger charge is -2.29. The van der Waals surface area contributed by atoms with Crippen molar-refractivity contribution in [2.45, 2.75) is 12.5 Å². The Balaban J connectivity index is 1.76. The Bertz CT molecular complexity index is 841. The van der Waals surface area contributed by atoms with Crippen molar-refractivity contribution >= 4 is 28.4 Å². The lowest BCUT2D eigenvalue weighted by Crippen LogP contribution is -2.40. The number of amides is 1. The normalized spacial score (nSPS) is 13.6. The summed E-state index contributed by atoms with van der Waals surface area (Å²) in [4.78, 5) is 15.6. The van der Waals surface area contributed by atoms with Gasteiger partial charge >= 0.3 is 0 Å². The molecule has 0 saturated carbocycles. The van der Waals surface area contributed by atoms with E-state index < -0.39 is 5.60 Å². The number of H-pyrrole nitrogens is 1. The predicted molar refractivity (Wildman–Crippen MR) is 96.4 cm³/mol. The van der Waals surface area contributed by atoms with Crippen LogP contribution in [0.3, 0.4) is 0 Å². The van der Waals surface area contributed by atoms with E-state index in [9.17, 15) is 4.79 Å². The molecule has 124 valence electrons. The second kappa shape index (κ2) is 6.67. The maximum atomic E-state index is 12.5. The molecule has 1 heterocycles. The highest BCUT2D eigenvalue weighted by Gasteiger charge is 2.27. The van der Waals surface area contributed by atoms with Crippen LogP contribution in [-0.2, 0) is 10.3 Å². The minimum atomic E-state index is -0.660.